The second kappa shape index (κ2) is 5.18. The second-order valence-corrected chi connectivity index (χ2v) is 4.98. The molecule has 0 unspecified atom stereocenters. The van der Waals surface area contributed by atoms with Crippen LogP contribution < -0.4 is 5.32 Å². The van der Waals surface area contributed by atoms with Gasteiger partial charge < -0.3 is 14.8 Å². The molecule has 0 radical (unpaired) electrons. The van der Waals surface area contributed by atoms with Crippen molar-refractivity contribution in [1.29, 1.82) is 0 Å². The number of rotatable bonds is 3. The van der Waals surface area contributed by atoms with Crippen LogP contribution in [0, 0.1) is 5.92 Å². The first kappa shape index (κ1) is 11.9. The maximum atomic E-state index is 11.3. The van der Waals surface area contributed by atoms with Crippen LogP contribution >= 0.6 is 11.3 Å². The number of carbonyl (C=O) groups is 2. The van der Waals surface area contributed by atoms with E-state index in [1.807, 2.05) is 6.07 Å². The Labute approximate surface area is 103 Å². The van der Waals surface area contributed by atoms with Gasteiger partial charge in [-0.25, -0.2) is 9.59 Å². The molecule has 1 aliphatic heterocycles. The van der Waals surface area contributed by atoms with Crippen LogP contribution in [0.4, 0.5) is 4.79 Å². The highest BCUT2D eigenvalue weighted by Crippen LogP contribution is 2.21. The van der Waals surface area contributed by atoms with Gasteiger partial charge >= 0.3 is 12.1 Å². The Balaban J connectivity index is 1.93. The minimum absolute atomic E-state index is 0.261. The lowest BCUT2D eigenvalue weighted by atomic mass is 10.1. The summed E-state index contributed by atoms with van der Waals surface area (Å²) in [5.41, 5.74) is 0. The van der Waals surface area contributed by atoms with Crippen LogP contribution in [0.3, 0.4) is 0 Å². The Morgan fingerprint density at radius 3 is 3.12 bits per heavy atom. The van der Waals surface area contributed by atoms with E-state index in [0.29, 0.717) is 18.0 Å². The van der Waals surface area contributed by atoms with Crippen molar-refractivity contribution in [3.63, 3.8) is 0 Å². The zero-order valence-corrected chi connectivity index (χ0v) is 10.2. The van der Waals surface area contributed by atoms with Gasteiger partial charge in [-0.1, -0.05) is 0 Å². The van der Waals surface area contributed by atoms with Gasteiger partial charge in [0, 0.05) is 17.3 Å². The van der Waals surface area contributed by atoms with Gasteiger partial charge in [0.15, 0.2) is 0 Å². The second-order valence-electron chi connectivity index (χ2n) is 3.81. The van der Waals surface area contributed by atoms with Crippen LogP contribution in [0.5, 0.6) is 0 Å². The summed E-state index contributed by atoms with van der Waals surface area (Å²) in [6.07, 6.45) is 0.435. The van der Waals surface area contributed by atoms with Crippen LogP contribution in [0.1, 0.15) is 14.5 Å². The lowest BCUT2D eigenvalue weighted by molar-refractivity contribution is 0.0606. The quantitative estimate of drug-likeness (QED) is 0.830. The number of alkyl carbamates (subject to hydrolysis) is 1. The summed E-state index contributed by atoms with van der Waals surface area (Å²) in [7, 11) is 1.37. The standard InChI is InChI=1S/C11H13NO4S/c1-15-10(13)9-3-2-8(17-9)4-7-5-12-11(14)16-6-7/h2-3,7H,4-6H2,1H3,(H,12,14)/t7-/m0/s1. The zero-order chi connectivity index (χ0) is 12.3. The van der Waals surface area contributed by atoms with Gasteiger partial charge in [0.1, 0.15) is 4.88 Å². The summed E-state index contributed by atoms with van der Waals surface area (Å²) >= 11 is 1.42. The van der Waals surface area contributed by atoms with Gasteiger partial charge in [-0.3, -0.25) is 0 Å². The van der Waals surface area contributed by atoms with Crippen LogP contribution in [0.25, 0.3) is 0 Å². The van der Waals surface area contributed by atoms with Gasteiger partial charge in [0.05, 0.1) is 13.7 Å². The lowest BCUT2D eigenvalue weighted by Gasteiger charge is -2.21. The van der Waals surface area contributed by atoms with Crippen LogP contribution in [0.15, 0.2) is 12.1 Å². The highest BCUT2D eigenvalue weighted by molar-refractivity contribution is 7.13. The number of esters is 1. The highest BCUT2D eigenvalue weighted by atomic mass is 32.1. The van der Waals surface area contributed by atoms with E-state index in [1.165, 1.54) is 18.4 Å². The van der Waals surface area contributed by atoms with E-state index in [-0.39, 0.29) is 18.0 Å². The number of methoxy groups -OCH3 is 1. The summed E-state index contributed by atoms with van der Waals surface area (Å²) in [5.74, 6) is -0.0497. The molecule has 6 heteroatoms. The number of ether oxygens (including phenoxy) is 2. The molecule has 0 saturated carbocycles. The number of amides is 1. The Morgan fingerprint density at radius 1 is 1.65 bits per heavy atom. The van der Waals surface area contributed by atoms with Crippen molar-refractivity contribution in [3.05, 3.63) is 21.9 Å². The van der Waals surface area contributed by atoms with E-state index < -0.39 is 0 Å². The number of carbonyl (C=O) groups excluding carboxylic acids is 2. The third-order valence-electron chi connectivity index (χ3n) is 2.52. The Morgan fingerprint density at radius 2 is 2.47 bits per heavy atom. The summed E-state index contributed by atoms with van der Waals surface area (Å²) < 4.78 is 9.54. The maximum Gasteiger partial charge on any atom is 0.407 e. The van der Waals surface area contributed by atoms with E-state index in [4.69, 9.17) is 4.74 Å². The first-order valence-corrected chi connectivity index (χ1v) is 6.08. The number of hydrogen-bond acceptors (Lipinski definition) is 5. The average molecular weight is 255 g/mol. The van der Waals surface area contributed by atoms with Crippen molar-refractivity contribution in [2.45, 2.75) is 6.42 Å². The van der Waals surface area contributed by atoms with Crippen molar-refractivity contribution in [2.75, 3.05) is 20.3 Å². The molecule has 1 amide bonds. The molecule has 1 saturated heterocycles. The van der Waals surface area contributed by atoms with Gasteiger partial charge in [-0.05, 0) is 18.6 Å². The molecule has 5 nitrogen and oxygen atoms in total. The number of thiophene rings is 1. The predicted molar refractivity (Wildman–Crippen MR) is 62.2 cm³/mol. The van der Waals surface area contributed by atoms with Gasteiger partial charge in [0.2, 0.25) is 0 Å². The molecule has 0 aromatic carbocycles. The fourth-order valence-corrected chi connectivity index (χ4v) is 2.69. The molecule has 2 heterocycles. The van der Waals surface area contributed by atoms with E-state index in [9.17, 15) is 9.59 Å². The van der Waals surface area contributed by atoms with E-state index in [1.54, 1.807) is 6.07 Å². The molecule has 1 fully saturated rings. The molecule has 1 N–H and O–H groups in total. The first-order valence-electron chi connectivity index (χ1n) is 5.26. The molecule has 1 atom stereocenters. The van der Waals surface area contributed by atoms with Crippen LogP contribution in [-0.4, -0.2) is 32.3 Å². The van der Waals surface area contributed by atoms with Gasteiger partial charge in [-0.15, -0.1) is 11.3 Å². The Bertz CT molecular complexity index is 419. The maximum absolute atomic E-state index is 11.3. The fraction of sp³-hybridized carbons (Fsp3) is 0.455. The third-order valence-corrected chi connectivity index (χ3v) is 3.61. The minimum Gasteiger partial charge on any atom is -0.465 e. The number of cyclic esters (lactones) is 1. The van der Waals surface area contributed by atoms with Gasteiger partial charge in [0.25, 0.3) is 0 Å². The topological polar surface area (TPSA) is 64.6 Å². The first-order chi connectivity index (χ1) is 8.19. The fourth-order valence-electron chi connectivity index (χ4n) is 1.64. The molecule has 1 aromatic heterocycles. The lowest BCUT2D eigenvalue weighted by Crippen LogP contribution is -2.39. The third kappa shape index (κ3) is 2.97. The van der Waals surface area contributed by atoms with Crippen molar-refractivity contribution in [2.24, 2.45) is 5.92 Å². The van der Waals surface area contributed by atoms with E-state index in [0.717, 1.165) is 11.3 Å². The molecule has 1 aliphatic rings. The van der Waals surface area contributed by atoms with E-state index in [2.05, 4.69) is 10.1 Å². The Kier molecular flexibility index (Phi) is 3.63. The molecule has 0 aliphatic carbocycles. The number of nitrogens with one attached hydrogen (secondary N) is 1. The zero-order valence-electron chi connectivity index (χ0n) is 9.39. The SMILES string of the molecule is COC(=O)c1ccc(C[C@H]2CNC(=O)OC2)s1. The monoisotopic (exact) mass is 255 g/mol. The molecular formula is C11H13NO4S. The summed E-state index contributed by atoms with van der Waals surface area (Å²) in [5, 5.41) is 2.64. The van der Waals surface area contributed by atoms with E-state index >= 15 is 0 Å². The smallest absolute Gasteiger partial charge is 0.407 e. The molecular weight excluding hydrogens is 242 g/mol. The van der Waals surface area contributed by atoms with Crippen LogP contribution in [0.2, 0.25) is 0 Å². The molecule has 0 bridgehead atoms. The average Bonchev–Trinajstić information content (AvgIpc) is 2.80. The largest absolute Gasteiger partial charge is 0.465 e. The molecule has 1 aromatic rings. The molecule has 0 spiro atoms. The summed E-state index contributed by atoms with van der Waals surface area (Å²) in [6, 6.07) is 3.67. The van der Waals surface area contributed by atoms with Crippen molar-refractivity contribution < 1.29 is 19.1 Å². The summed E-state index contributed by atoms with van der Waals surface area (Å²) in [4.78, 5) is 23.8. The minimum atomic E-state index is -0.359. The van der Waals surface area contributed by atoms with Crippen molar-refractivity contribution >= 4 is 23.4 Å². The normalized spacial score (nSPS) is 19.4. The predicted octanol–water partition coefficient (Wildman–Crippen LogP) is 1.43. The Hall–Kier alpha value is -1.56. The molecule has 2 rings (SSSR count). The molecule has 17 heavy (non-hydrogen) atoms. The summed E-state index contributed by atoms with van der Waals surface area (Å²) in [6.45, 7) is 1.04. The molecule has 92 valence electrons. The van der Waals surface area contributed by atoms with Crippen molar-refractivity contribution in [3.8, 4) is 0 Å². The highest BCUT2D eigenvalue weighted by Gasteiger charge is 2.20. The number of hydrogen-bond donors (Lipinski definition) is 1. The van der Waals surface area contributed by atoms with Gasteiger partial charge in [-0.2, -0.15) is 0 Å². The van der Waals surface area contributed by atoms with Crippen molar-refractivity contribution in [1.82, 2.24) is 5.32 Å². The van der Waals surface area contributed by atoms with Crippen LogP contribution in [-0.2, 0) is 15.9 Å².